The summed E-state index contributed by atoms with van der Waals surface area (Å²) in [6.45, 7) is 2.23. The molecule has 0 fully saturated rings. The van der Waals surface area contributed by atoms with Gasteiger partial charge in [0, 0.05) is 35.9 Å². The number of carbonyl (C=O) groups is 1. The van der Waals surface area contributed by atoms with Crippen LogP contribution in [0.2, 0.25) is 5.02 Å². The maximum absolute atomic E-state index is 12.8. The van der Waals surface area contributed by atoms with Gasteiger partial charge in [0.1, 0.15) is 18.1 Å². The van der Waals surface area contributed by atoms with E-state index in [9.17, 15) is 4.79 Å². The summed E-state index contributed by atoms with van der Waals surface area (Å²) in [5.74, 6) is 1.40. The predicted octanol–water partition coefficient (Wildman–Crippen LogP) is 5.91. The highest BCUT2D eigenvalue weighted by atomic mass is 35.5. The lowest BCUT2D eigenvalue weighted by molar-refractivity contribution is 0.101. The highest BCUT2D eigenvalue weighted by Gasteiger charge is 2.30. The monoisotopic (exact) mass is 419 g/mol. The second-order valence-corrected chi connectivity index (χ2v) is 7.78. The molecule has 4 nitrogen and oxygen atoms in total. The smallest absolute Gasteiger partial charge is 0.231 e. The molecule has 1 heterocycles. The van der Waals surface area contributed by atoms with Crippen LogP contribution in [0.4, 0.5) is 5.69 Å². The van der Waals surface area contributed by atoms with Crippen LogP contribution >= 0.6 is 11.6 Å². The van der Waals surface area contributed by atoms with Crippen LogP contribution in [-0.2, 0) is 6.61 Å². The van der Waals surface area contributed by atoms with Crippen LogP contribution in [0.25, 0.3) is 6.08 Å². The fraction of sp³-hybridized carbons (Fsp3) is 0.160. The van der Waals surface area contributed by atoms with Crippen molar-refractivity contribution in [2.24, 2.45) is 0 Å². The van der Waals surface area contributed by atoms with Crippen molar-refractivity contribution in [2.45, 2.75) is 13.5 Å². The molecule has 0 spiro atoms. The van der Waals surface area contributed by atoms with Crippen LogP contribution in [0.1, 0.15) is 27.0 Å². The number of ether oxygens (including phenoxy) is 2. The number of Topliss-reactive ketones (excluding diaryl/α,β-unsaturated/α-hetero) is 1. The number of halogens is 1. The maximum Gasteiger partial charge on any atom is 0.231 e. The first kappa shape index (κ1) is 20.0. The van der Waals surface area contributed by atoms with E-state index in [2.05, 4.69) is 0 Å². The van der Waals surface area contributed by atoms with Crippen LogP contribution in [0.3, 0.4) is 0 Å². The second kappa shape index (κ2) is 8.25. The van der Waals surface area contributed by atoms with E-state index < -0.39 is 0 Å². The molecule has 1 aliphatic rings. The molecule has 152 valence electrons. The average Bonchev–Trinajstić information content (AvgIpc) is 3.05. The minimum Gasteiger partial charge on any atom is -0.488 e. The zero-order chi connectivity index (χ0) is 21.3. The largest absolute Gasteiger partial charge is 0.488 e. The fourth-order valence-electron chi connectivity index (χ4n) is 3.32. The molecule has 0 saturated carbocycles. The molecule has 3 aromatic rings. The Labute approximate surface area is 181 Å². The third-order valence-corrected chi connectivity index (χ3v) is 5.45. The van der Waals surface area contributed by atoms with E-state index in [1.165, 1.54) is 0 Å². The summed E-state index contributed by atoms with van der Waals surface area (Å²) in [7, 11) is 3.98. The predicted molar refractivity (Wildman–Crippen MR) is 121 cm³/mol. The summed E-state index contributed by atoms with van der Waals surface area (Å²) in [6, 6.07) is 19.1. The van der Waals surface area contributed by atoms with Gasteiger partial charge in [-0.2, -0.15) is 0 Å². The first-order valence-corrected chi connectivity index (χ1v) is 10.0. The Balaban J connectivity index is 1.55. The molecule has 4 rings (SSSR count). The quantitative estimate of drug-likeness (QED) is 0.482. The first-order chi connectivity index (χ1) is 14.4. The maximum atomic E-state index is 12.8. The molecule has 0 amide bonds. The van der Waals surface area contributed by atoms with E-state index in [0.29, 0.717) is 34.5 Å². The molecule has 0 saturated heterocycles. The Kier molecular flexibility index (Phi) is 5.51. The molecule has 3 aromatic carbocycles. The van der Waals surface area contributed by atoms with Gasteiger partial charge in [0.25, 0.3) is 0 Å². The van der Waals surface area contributed by atoms with Crippen molar-refractivity contribution >= 4 is 29.1 Å². The first-order valence-electron chi connectivity index (χ1n) is 9.65. The molecule has 0 bridgehead atoms. The van der Waals surface area contributed by atoms with E-state index >= 15 is 0 Å². The van der Waals surface area contributed by atoms with E-state index in [0.717, 1.165) is 22.4 Å². The number of hydrogen-bond donors (Lipinski definition) is 0. The summed E-state index contributed by atoms with van der Waals surface area (Å²) in [5.41, 5.74) is 4.24. The Morgan fingerprint density at radius 1 is 1.03 bits per heavy atom. The van der Waals surface area contributed by atoms with Crippen molar-refractivity contribution in [3.63, 3.8) is 0 Å². The standard InChI is InChI=1S/C25H22ClNO3/c1-16-22(29-15-18-6-4-5-7-21(18)26)13-12-20-24(28)23(30-25(16)20)14-17-8-10-19(11-9-17)27(2)3/h4-14H,15H2,1-3H3/b23-14-. The van der Waals surface area contributed by atoms with E-state index in [-0.39, 0.29) is 5.78 Å². The molecule has 5 heteroatoms. The lowest BCUT2D eigenvalue weighted by Crippen LogP contribution is -2.08. The summed E-state index contributed by atoms with van der Waals surface area (Å²) < 4.78 is 11.9. The number of rotatable bonds is 5. The van der Waals surface area contributed by atoms with Crippen molar-refractivity contribution in [1.82, 2.24) is 0 Å². The molecule has 1 aliphatic heterocycles. The molecule has 0 aliphatic carbocycles. The van der Waals surface area contributed by atoms with Crippen molar-refractivity contribution in [3.8, 4) is 11.5 Å². The number of benzene rings is 3. The highest BCUT2D eigenvalue weighted by Crippen LogP contribution is 2.39. The highest BCUT2D eigenvalue weighted by molar-refractivity contribution is 6.31. The molecule has 0 unspecified atom stereocenters. The topological polar surface area (TPSA) is 38.8 Å². The van der Waals surface area contributed by atoms with E-state index in [1.807, 2.05) is 74.4 Å². The van der Waals surface area contributed by atoms with Crippen LogP contribution in [0.5, 0.6) is 11.5 Å². The summed E-state index contributed by atoms with van der Waals surface area (Å²) in [4.78, 5) is 14.8. The molecular formula is C25H22ClNO3. The third kappa shape index (κ3) is 3.91. The van der Waals surface area contributed by atoms with Gasteiger partial charge in [-0.15, -0.1) is 0 Å². The van der Waals surface area contributed by atoms with Gasteiger partial charge in [-0.05, 0) is 48.9 Å². The Bertz CT molecular complexity index is 1130. The van der Waals surface area contributed by atoms with Gasteiger partial charge in [0.05, 0.1) is 5.56 Å². The summed E-state index contributed by atoms with van der Waals surface area (Å²) >= 11 is 6.21. The lowest BCUT2D eigenvalue weighted by atomic mass is 10.1. The van der Waals surface area contributed by atoms with E-state index in [1.54, 1.807) is 18.2 Å². The zero-order valence-electron chi connectivity index (χ0n) is 17.1. The minimum atomic E-state index is -0.123. The number of ketones is 1. The molecule has 0 atom stereocenters. The van der Waals surface area contributed by atoms with Crippen LogP contribution in [-0.4, -0.2) is 19.9 Å². The van der Waals surface area contributed by atoms with Crippen molar-refractivity contribution in [1.29, 1.82) is 0 Å². The van der Waals surface area contributed by atoms with Crippen molar-refractivity contribution < 1.29 is 14.3 Å². The number of nitrogens with zero attached hydrogens (tertiary/aromatic N) is 1. The number of carbonyl (C=O) groups excluding carboxylic acids is 1. The zero-order valence-corrected chi connectivity index (χ0v) is 17.9. The minimum absolute atomic E-state index is 0.123. The van der Waals surface area contributed by atoms with Gasteiger partial charge >= 0.3 is 0 Å². The molecule has 0 aromatic heterocycles. The molecule has 30 heavy (non-hydrogen) atoms. The van der Waals surface area contributed by atoms with Gasteiger partial charge in [0.2, 0.25) is 5.78 Å². The van der Waals surface area contributed by atoms with Gasteiger partial charge in [-0.25, -0.2) is 0 Å². The SMILES string of the molecule is Cc1c(OCc2ccccc2Cl)ccc2c1O/C(=C\c1ccc(N(C)C)cc1)C2=O. The molecular weight excluding hydrogens is 398 g/mol. The number of hydrogen-bond acceptors (Lipinski definition) is 4. The van der Waals surface area contributed by atoms with Gasteiger partial charge < -0.3 is 14.4 Å². The van der Waals surface area contributed by atoms with Crippen LogP contribution < -0.4 is 14.4 Å². The normalized spacial score (nSPS) is 13.9. The average molecular weight is 420 g/mol. The number of anilines is 1. The summed E-state index contributed by atoms with van der Waals surface area (Å²) in [5, 5.41) is 0.660. The molecule has 0 N–H and O–H groups in total. The van der Waals surface area contributed by atoms with Gasteiger partial charge in [0.15, 0.2) is 5.76 Å². The van der Waals surface area contributed by atoms with Gasteiger partial charge in [-0.3, -0.25) is 4.79 Å². The number of fused-ring (bicyclic) bond motifs is 1. The third-order valence-electron chi connectivity index (χ3n) is 5.08. The van der Waals surface area contributed by atoms with E-state index in [4.69, 9.17) is 21.1 Å². The number of allylic oxidation sites excluding steroid dienone is 1. The Morgan fingerprint density at radius 2 is 1.77 bits per heavy atom. The summed E-state index contributed by atoms with van der Waals surface area (Å²) in [6.07, 6.45) is 1.77. The Morgan fingerprint density at radius 3 is 2.47 bits per heavy atom. The Hall–Kier alpha value is -3.24. The van der Waals surface area contributed by atoms with Crippen molar-refractivity contribution in [3.05, 3.63) is 93.7 Å². The van der Waals surface area contributed by atoms with Crippen LogP contribution in [0.15, 0.2) is 66.4 Å². The second-order valence-electron chi connectivity index (χ2n) is 7.37. The van der Waals surface area contributed by atoms with Gasteiger partial charge in [-0.1, -0.05) is 41.9 Å². The lowest BCUT2D eigenvalue weighted by Gasteiger charge is -2.12. The van der Waals surface area contributed by atoms with Crippen molar-refractivity contribution in [2.75, 3.05) is 19.0 Å². The molecule has 0 radical (unpaired) electrons. The van der Waals surface area contributed by atoms with Crippen LogP contribution in [0, 0.1) is 6.92 Å². The fourth-order valence-corrected chi connectivity index (χ4v) is 3.51.